The highest BCUT2D eigenvalue weighted by atomic mass is 32.2. The predicted molar refractivity (Wildman–Crippen MR) is 199 cm³/mol. The first-order valence-electron chi connectivity index (χ1n) is 17.6. The summed E-state index contributed by atoms with van der Waals surface area (Å²) in [6, 6.07) is 15.8. The summed E-state index contributed by atoms with van der Waals surface area (Å²) >= 11 is 0. The molecule has 0 unspecified atom stereocenters. The second-order valence-corrected chi connectivity index (χ2v) is 14.7. The highest BCUT2D eigenvalue weighted by Crippen LogP contribution is 2.48. The molecule has 13 nitrogen and oxygen atoms in total. The van der Waals surface area contributed by atoms with Crippen LogP contribution >= 0.6 is 0 Å². The second-order valence-electron chi connectivity index (χ2n) is 12.8. The number of Topliss-reactive ketones (excluding diaryl/α,β-unsaturated/α-hetero) is 2. The Labute approximate surface area is 313 Å². The molecule has 2 N–H and O–H groups in total. The molecular formula is C39H45FN2O11S. The number of carbonyl (C=O) groups is 3. The quantitative estimate of drug-likeness (QED) is 0.0575. The molecule has 1 saturated carbocycles. The van der Waals surface area contributed by atoms with Gasteiger partial charge in [0, 0.05) is 22.6 Å². The van der Waals surface area contributed by atoms with E-state index < -0.39 is 27.5 Å². The van der Waals surface area contributed by atoms with Crippen molar-refractivity contribution < 1.29 is 55.3 Å². The predicted octanol–water partition coefficient (Wildman–Crippen LogP) is 5.04. The van der Waals surface area contributed by atoms with Crippen molar-refractivity contribution in [1.29, 1.82) is 0 Å². The highest BCUT2D eigenvalue weighted by Gasteiger charge is 2.34. The van der Waals surface area contributed by atoms with E-state index in [0.29, 0.717) is 74.0 Å². The normalized spacial score (nSPS) is 13.0. The number of carbonyl (C=O) groups excluding carboxylic acids is 3. The van der Waals surface area contributed by atoms with Gasteiger partial charge < -0.3 is 33.8 Å². The third kappa shape index (κ3) is 11.3. The van der Waals surface area contributed by atoms with Crippen molar-refractivity contribution in [3.8, 4) is 11.3 Å². The molecule has 4 aromatic rings. The van der Waals surface area contributed by atoms with Crippen LogP contribution in [0.2, 0.25) is 0 Å². The molecule has 0 aliphatic heterocycles. The molecule has 1 fully saturated rings. The summed E-state index contributed by atoms with van der Waals surface area (Å²) in [5.41, 5.74) is 8.51. The van der Waals surface area contributed by atoms with Gasteiger partial charge in [0.25, 0.3) is 11.7 Å². The zero-order chi connectivity index (χ0) is 38.7. The van der Waals surface area contributed by atoms with Crippen LogP contribution in [0.25, 0.3) is 22.3 Å². The molecule has 5 rings (SSSR count). The fourth-order valence-electron chi connectivity index (χ4n) is 5.80. The maximum atomic E-state index is 13.7. The van der Waals surface area contributed by atoms with E-state index in [9.17, 15) is 27.2 Å². The lowest BCUT2D eigenvalue weighted by Crippen LogP contribution is -2.34. The number of rotatable bonds is 24. The largest absolute Gasteiger partial charge is 0.455 e. The van der Waals surface area contributed by atoms with Crippen LogP contribution in [0.1, 0.15) is 57.5 Å². The van der Waals surface area contributed by atoms with Crippen LogP contribution in [0.15, 0.2) is 65.1 Å². The number of halogens is 1. The fourth-order valence-corrected chi connectivity index (χ4v) is 6.72. The number of furan rings is 1. The molecule has 0 atom stereocenters. The van der Waals surface area contributed by atoms with Gasteiger partial charge in [0.1, 0.15) is 17.2 Å². The molecular weight excluding hydrogens is 723 g/mol. The second kappa shape index (κ2) is 19.2. The van der Waals surface area contributed by atoms with E-state index in [4.69, 9.17) is 33.8 Å². The summed E-state index contributed by atoms with van der Waals surface area (Å²) in [4.78, 5) is 36.5. The molecule has 1 heterocycles. The van der Waals surface area contributed by atoms with Crippen molar-refractivity contribution in [2.75, 3.05) is 76.6 Å². The Kier molecular flexibility index (Phi) is 14.5. The number of sulfonamides is 1. The molecule has 3 aromatic carbocycles. The van der Waals surface area contributed by atoms with Crippen molar-refractivity contribution in [3.05, 3.63) is 88.7 Å². The number of ketones is 2. The topological polar surface area (TPSA) is 174 Å². The molecule has 290 valence electrons. The summed E-state index contributed by atoms with van der Waals surface area (Å²) in [6.45, 7) is 4.84. The van der Waals surface area contributed by atoms with Crippen LogP contribution in [0.3, 0.4) is 0 Å². The zero-order valence-electron chi connectivity index (χ0n) is 30.3. The van der Waals surface area contributed by atoms with Crippen LogP contribution in [0, 0.1) is 5.82 Å². The molecule has 1 amide bonds. The smallest absolute Gasteiger partial charge is 0.289 e. The van der Waals surface area contributed by atoms with Gasteiger partial charge in [-0.25, -0.2) is 12.8 Å². The van der Waals surface area contributed by atoms with E-state index in [0.717, 1.165) is 24.7 Å². The van der Waals surface area contributed by atoms with Gasteiger partial charge in [-0.2, -0.15) is 0 Å². The maximum absolute atomic E-state index is 13.7. The third-order valence-electron chi connectivity index (χ3n) is 8.61. The number of ether oxygens (including phenoxy) is 5. The molecule has 0 spiro atoms. The first-order valence-corrected chi connectivity index (χ1v) is 19.5. The summed E-state index contributed by atoms with van der Waals surface area (Å²) in [5, 5.41) is 0.317. The number of primary amides is 1. The Morgan fingerprint density at radius 2 is 1.43 bits per heavy atom. The average molecular weight is 769 g/mol. The molecule has 0 radical (unpaired) electrons. The summed E-state index contributed by atoms with van der Waals surface area (Å²) in [6.07, 6.45) is 2.73. The van der Waals surface area contributed by atoms with Crippen molar-refractivity contribution in [2.24, 2.45) is 5.73 Å². The summed E-state index contributed by atoms with van der Waals surface area (Å²) in [5.74, 6) is -2.55. The van der Waals surface area contributed by atoms with E-state index in [1.54, 1.807) is 18.2 Å². The lowest BCUT2D eigenvalue weighted by Gasteiger charge is -2.25. The van der Waals surface area contributed by atoms with Gasteiger partial charge in [0.2, 0.25) is 10.0 Å². The van der Waals surface area contributed by atoms with Crippen molar-refractivity contribution >= 4 is 44.2 Å². The van der Waals surface area contributed by atoms with Gasteiger partial charge in [-0.15, -0.1) is 0 Å². The van der Waals surface area contributed by atoms with E-state index in [2.05, 4.69) is 0 Å². The van der Waals surface area contributed by atoms with Crippen LogP contribution < -0.4 is 10.0 Å². The number of benzene rings is 3. The van der Waals surface area contributed by atoms with Crippen LogP contribution in [0.5, 0.6) is 0 Å². The van der Waals surface area contributed by atoms with Gasteiger partial charge in [-0.1, -0.05) is 18.2 Å². The minimum absolute atomic E-state index is 0.00383. The third-order valence-corrected chi connectivity index (χ3v) is 9.79. The number of hydrogen-bond donors (Lipinski definition) is 1. The Balaban J connectivity index is 1.05. The molecule has 0 saturated heterocycles. The maximum Gasteiger partial charge on any atom is 0.289 e. The van der Waals surface area contributed by atoms with Crippen molar-refractivity contribution in [3.63, 3.8) is 0 Å². The van der Waals surface area contributed by atoms with Gasteiger partial charge in [-0.05, 0) is 73.2 Å². The number of amides is 1. The number of nitrogens with two attached hydrogens (primary N) is 1. The number of nitrogens with zero attached hydrogens (tertiary/aromatic N) is 1. The van der Waals surface area contributed by atoms with Crippen molar-refractivity contribution in [2.45, 2.75) is 32.3 Å². The summed E-state index contributed by atoms with van der Waals surface area (Å²) in [7, 11) is -3.79. The van der Waals surface area contributed by atoms with Crippen LogP contribution in [-0.4, -0.2) is 98.2 Å². The Morgan fingerprint density at radius 3 is 1.98 bits per heavy atom. The first-order chi connectivity index (χ1) is 25.9. The molecule has 1 aliphatic carbocycles. The Bertz CT molecular complexity index is 2030. The first kappa shape index (κ1) is 40.7. The average Bonchev–Trinajstić information content (AvgIpc) is 3.92. The van der Waals surface area contributed by atoms with E-state index in [1.165, 1.54) is 35.5 Å². The summed E-state index contributed by atoms with van der Waals surface area (Å²) < 4.78 is 75.0. The molecule has 0 bridgehead atoms. The number of hydrogen-bond acceptors (Lipinski definition) is 11. The lowest BCUT2D eigenvalue weighted by atomic mass is 9.98. The van der Waals surface area contributed by atoms with Crippen molar-refractivity contribution in [1.82, 2.24) is 0 Å². The standard InChI is InChI=1S/C39H45FN2O11S/c1-26(43)30-5-3-4-27(22-30)25-52-21-20-51-19-18-50-17-16-49-15-14-48-13-12-42(54(2,46)47)34-24-35-33(23-32(34)28-6-7-28)36(37(44)39(41)45)38(53-35)29-8-10-31(40)11-9-29/h3-5,8-11,22-24,28H,6-7,12-21,25H2,1-2H3,(H2,41,45). The van der Waals surface area contributed by atoms with E-state index in [1.807, 2.05) is 18.2 Å². The highest BCUT2D eigenvalue weighted by molar-refractivity contribution is 7.92. The zero-order valence-corrected chi connectivity index (χ0v) is 31.2. The molecule has 1 aromatic heterocycles. The fraction of sp³-hybridized carbons (Fsp3) is 0.410. The Hall–Kier alpha value is -4.51. The van der Waals surface area contributed by atoms with Crippen LogP contribution in [-0.2, 0) is 45.1 Å². The monoisotopic (exact) mass is 768 g/mol. The molecule has 15 heteroatoms. The van der Waals surface area contributed by atoms with Gasteiger partial charge in [0.15, 0.2) is 5.78 Å². The SMILES string of the molecule is CC(=O)c1cccc(COCCOCCOCCOCCOCCN(c2cc3oc(-c4ccc(F)cc4)c(C(=O)C(N)=O)c3cc2C2CC2)S(C)(=O)=O)c1. The molecule has 1 aliphatic rings. The van der Waals surface area contributed by atoms with E-state index in [-0.39, 0.29) is 55.0 Å². The Morgan fingerprint density at radius 1 is 0.833 bits per heavy atom. The van der Waals surface area contributed by atoms with Gasteiger partial charge in [0.05, 0.1) is 90.1 Å². The van der Waals surface area contributed by atoms with Gasteiger partial charge in [-0.3, -0.25) is 18.7 Å². The van der Waals surface area contributed by atoms with Gasteiger partial charge >= 0.3 is 0 Å². The lowest BCUT2D eigenvalue weighted by molar-refractivity contribution is -0.114. The number of fused-ring (bicyclic) bond motifs is 1. The molecule has 54 heavy (non-hydrogen) atoms. The minimum atomic E-state index is -3.79. The number of anilines is 1. The van der Waals surface area contributed by atoms with E-state index >= 15 is 0 Å². The van der Waals surface area contributed by atoms with Crippen LogP contribution in [0.4, 0.5) is 10.1 Å². The minimum Gasteiger partial charge on any atom is -0.455 e.